The number of nitrogens with one attached hydrogen (secondary N) is 1. The summed E-state index contributed by atoms with van der Waals surface area (Å²) in [7, 11) is 0. The number of rotatable bonds is 5. The molecule has 0 saturated carbocycles. The van der Waals surface area contributed by atoms with Gasteiger partial charge in [-0.15, -0.1) is 0 Å². The van der Waals surface area contributed by atoms with Gasteiger partial charge in [-0.2, -0.15) is 0 Å². The molecule has 1 aliphatic rings. The first-order valence-corrected chi connectivity index (χ1v) is 5.88. The van der Waals surface area contributed by atoms with E-state index < -0.39 is 5.92 Å². The van der Waals surface area contributed by atoms with E-state index in [9.17, 15) is 9.90 Å². The van der Waals surface area contributed by atoms with Gasteiger partial charge in [-0.3, -0.25) is 9.78 Å². The van der Waals surface area contributed by atoms with E-state index in [4.69, 9.17) is 4.74 Å². The van der Waals surface area contributed by atoms with E-state index in [0.717, 1.165) is 5.69 Å². The fourth-order valence-electron chi connectivity index (χ4n) is 1.85. The summed E-state index contributed by atoms with van der Waals surface area (Å²) in [5.74, 6) is -0.700. The lowest BCUT2D eigenvalue weighted by Crippen LogP contribution is -2.37. The average molecular weight is 248 g/mol. The number of ether oxygens (including phenoxy) is 1. The van der Waals surface area contributed by atoms with E-state index in [0.29, 0.717) is 13.2 Å². The first-order valence-electron chi connectivity index (χ1n) is 5.88. The molecule has 18 heavy (non-hydrogen) atoms. The predicted octanol–water partition coefficient (Wildman–Crippen LogP) is 0.466. The summed E-state index contributed by atoms with van der Waals surface area (Å²) in [6.07, 6.45) is 5.05. The molecule has 5 heteroatoms. The Bertz CT molecular complexity index is 420. The highest BCUT2D eigenvalue weighted by atomic mass is 16.5. The normalized spacial score (nSPS) is 19.3. The fourth-order valence-corrected chi connectivity index (χ4v) is 1.85. The highest BCUT2D eigenvalue weighted by Gasteiger charge is 2.28. The molecule has 2 N–H and O–H groups in total. The second-order valence-corrected chi connectivity index (χ2v) is 4.15. The molecule has 2 heterocycles. The molecule has 2 atom stereocenters. The minimum absolute atomic E-state index is 0.0567. The predicted molar refractivity (Wildman–Crippen MR) is 65.2 cm³/mol. The Balaban J connectivity index is 1.88. The molecule has 1 aromatic heterocycles. The van der Waals surface area contributed by atoms with Gasteiger partial charge in [0.1, 0.15) is 0 Å². The van der Waals surface area contributed by atoms with Crippen molar-refractivity contribution in [3.05, 3.63) is 42.4 Å². The van der Waals surface area contributed by atoms with E-state index in [1.165, 1.54) is 0 Å². The molecule has 1 amide bonds. The smallest absolute Gasteiger partial charge is 0.226 e. The monoisotopic (exact) mass is 248 g/mol. The van der Waals surface area contributed by atoms with Crippen molar-refractivity contribution in [2.75, 3.05) is 13.2 Å². The van der Waals surface area contributed by atoms with Gasteiger partial charge >= 0.3 is 0 Å². The van der Waals surface area contributed by atoms with Gasteiger partial charge in [-0.1, -0.05) is 6.07 Å². The maximum absolute atomic E-state index is 11.9. The summed E-state index contributed by atoms with van der Waals surface area (Å²) in [5.41, 5.74) is 0.792. The lowest BCUT2D eigenvalue weighted by atomic mass is 9.93. The van der Waals surface area contributed by atoms with E-state index >= 15 is 0 Å². The van der Waals surface area contributed by atoms with E-state index in [1.807, 2.05) is 18.2 Å². The van der Waals surface area contributed by atoms with Crippen molar-refractivity contribution in [2.45, 2.75) is 6.54 Å². The number of carbonyl (C=O) groups excluding carboxylic acids is 1. The molecule has 0 aromatic carbocycles. The van der Waals surface area contributed by atoms with E-state index in [2.05, 4.69) is 10.3 Å². The Labute approximate surface area is 105 Å². The number of amides is 1. The quantitative estimate of drug-likeness (QED) is 0.794. The van der Waals surface area contributed by atoms with Gasteiger partial charge in [-0.25, -0.2) is 0 Å². The molecule has 0 spiro atoms. The Morgan fingerprint density at radius 3 is 3.11 bits per heavy atom. The molecular weight excluding hydrogens is 232 g/mol. The summed E-state index contributed by atoms with van der Waals surface area (Å²) in [6.45, 7) is 0.627. The number of aliphatic hydroxyl groups is 1. The zero-order valence-electron chi connectivity index (χ0n) is 9.95. The summed E-state index contributed by atoms with van der Waals surface area (Å²) < 4.78 is 5.07. The standard InChI is InChI=1S/C13H16N2O3/c16-8-12(10-4-6-18-9-10)13(17)15-7-11-3-1-2-5-14-11/h1-6,10,12,16H,7-9H2,(H,15,17)/t10?,12-/m0/s1. The summed E-state index contributed by atoms with van der Waals surface area (Å²) in [6, 6.07) is 5.53. The summed E-state index contributed by atoms with van der Waals surface area (Å²) in [4.78, 5) is 16.1. The number of aromatic nitrogens is 1. The van der Waals surface area contributed by atoms with Crippen LogP contribution in [0.15, 0.2) is 36.7 Å². The zero-order chi connectivity index (χ0) is 12.8. The van der Waals surface area contributed by atoms with Crippen LogP contribution >= 0.6 is 0 Å². The van der Waals surface area contributed by atoms with E-state index in [-0.39, 0.29) is 18.4 Å². The molecule has 5 nitrogen and oxygen atoms in total. The van der Waals surface area contributed by atoms with Crippen molar-refractivity contribution in [1.29, 1.82) is 0 Å². The van der Waals surface area contributed by atoms with Crippen molar-refractivity contribution >= 4 is 5.91 Å². The number of hydrogen-bond donors (Lipinski definition) is 2. The molecule has 0 bridgehead atoms. The van der Waals surface area contributed by atoms with Crippen molar-refractivity contribution in [3.63, 3.8) is 0 Å². The lowest BCUT2D eigenvalue weighted by molar-refractivity contribution is -0.128. The topological polar surface area (TPSA) is 71.5 Å². The average Bonchev–Trinajstić information content (AvgIpc) is 2.92. The highest BCUT2D eigenvalue weighted by Crippen LogP contribution is 2.19. The van der Waals surface area contributed by atoms with Crippen molar-refractivity contribution < 1.29 is 14.6 Å². The van der Waals surface area contributed by atoms with Gasteiger partial charge in [-0.05, 0) is 18.2 Å². The van der Waals surface area contributed by atoms with Gasteiger partial charge in [0.05, 0.1) is 37.6 Å². The number of hydrogen-bond acceptors (Lipinski definition) is 4. The van der Waals surface area contributed by atoms with Crippen molar-refractivity contribution in [3.8, 4) is 0 Å². The molecule has 0 saturated heterocycles. The summed E-state index contributed by atoms with van der Waals surface area (Å²) >= 11 is 0. The van der Waals surface area contributed by atoms with Crippen LogP contribution in [-0.2, 0) is 16.1 Å². The van der Waals surface area contributed by atoms with Crippen molar-refractivity contribution in [1.82, 2.24) is 10.3 Å². The Morgan fingerprint density at radius 1 is 1.61 bits per heavy atom. The second kappa shape index (κ2) is 6.16. The van der Waals surface area contributed by atoms with Crippen LogP contribution in [0.3, 0.4) is 0 Å². The van der Waals surface area contributed by atoms with Gasteiger partial charge in [0.25, 0.3) is 0 Å². The molecule has 0 fully saturated rings. The largest absolute Gasteiger partial charge is 0.501 e. The van der Waals surface area contributed by atoms with Crippen LogP contribution in [0.5, 0.6) is 0 Å². The van der Waals surface area contributed by atoms with Crippen LogP contribution in [0.4, 0.5) is 0 Å². The maximum Gasteiger partial charge on any atom is 0.226 e. The minimum Gasteiger partial charge on any atom is -0.501 e. The molecular formula is C13H16N2O3. The van der Waals surface area contributed by atoms with E-state index in [1.54, 1.807) is 18.5 Å². The number of carbonyl (C=O) groups is 1. The molecule has 2 rings (SSSR count). The SMILES string of the molecule is O=C(NCc1ccccn1)[C@@H](CO)C1C=COC1. The third kappa shape index (κ3) is 3.07. The Hall–Kier alpha value is -1.88. The van der Waals surface area contributed by atoms with Crippen LogP contribution < -0.4 is 5.32 Å². The Kier molecular flexibility index (Phi) is 4.30. The fraction of sp³-hybridized carbons (Fsp3) is 0.385. The summed E-state index contributed by atoms with van der Waals surface area (Å²) in [5, 5.41) is 12.1. The minimum atomic E-state index is -0.465. The first-order chi connectivity index (χ1) is 8.81. The first kappa shape index (κ1) is 12.6. The molecule has 0 radical (unpaired) electrons. The molecule has 1 aliphatic heterocycles. The number of nitrogens with zero attached hydrogens (tertiary/aromatic N) is 1. The molecule has 1 aromatic rings. The van der Waals surface area contributed by atoms with Crippen LogP contribution in [0.1, 0.15) is 5.69 Å². The number of pyridine rings is 1. The van der Waals surface area contributed by atoms with Crippen LogP contribution in [0, 0.1) is 11.8 Å². The van der Waals surface area contributed by atoms with Gasteiger partial charge in [0.2, 0.25) is 5.91 Å². The van der Waals surface area contributed by atoms with Crippen LogP contribution in [0.25, 0.3) is 0 Å². The highest BCUT2D eigenvalue weighted by molar-refractivity contribution is 5.79. The third-order valence-corrected chi connectivity index (χ3v) is 2.93. The third-order valence-electron chi connectivity index (χ3n) is 2.93. The zero-order valence-corrected chi connectivity index (χ0v) is 9.95. The molecule has 1 unspecified atom stereocenters. The van der Waals surface area contributed by atoms with Crippen molar-refractivity contribution in [2.24, 2.45) is 11.8 Å². The lowest BCUT2D eigenvalue weighted by Gasteiger charge is -2.18. The van der Waals surface area contributed by atoms with Crippen LogP contribution in [-0.4, -0.2) is 29.2 Å². The van der Waals surface area contributed by atoms with Gasteiger partial charge in [0, 0.05) is 12.1 Å². The number of aliphatic hydroxyl groups excluding tert-OH is 1. The maximum atomic E-state index is 11.9. The Morgan fingerprint density at radius 2 is 2.50 bits per heavy atom. The second-order valence-electron chi connectivity index (χ2n) is 4.15. The van der Waals surface area contributed by atoms with Crippen LogP contribution in [0.2, 0.25) is 0 Å². The molecule has 0 aliphatic carbocycles. The molecule has 96 valence electrons. The van der Waals surface area contributed by atoms with Gasteiger partial charge < -0.3 is 15.2 Å². The van der Waals surface area contributed by atoms with Gasteiger partial charge in [0.15, 0.2) is 0 Å².